The fraction of sp³-hybridized carbons (Fsp3) is 0.467. The molecule has 2 aromatic rings. The molecule has 5 nitrogen and oxygen atoms in total. The van der Waals surface area contributed by atoms with Crippen LogP contribution in [0.15, 0.2) is 24.5 Å². The lowest BCUT2D eigenvalue weighted by atomic mass is 10.1. The maximum Gasteiger partial charge on any atom is 0.303 e. The summed E-state index contributed by atoms with van der Waals surface area (Å²) in [6, 6.07) is 4.37. The lowest BCUT2D eigenvalue weighted by Gasteiger charge is -2.26. The zero-order chi connectivity index (χ0) is 14.5. The summed E-state index contributed by atoms with van der Waals surface area (Å²) in [5.74, 6) is -0.731. The quantitative estimate of drug-likeness (QED) is 0.815. The Morgan fingerprint density at radius 2 is 2.30 bits per heavy atom. The summed E-state index contributed by atoms with van der Waals surface area (Å²) in [5, 5.41) is 9.87. The Labute approximate surface area is 118 Å². The molecule has 0 unspecified atom stereocenters. The number of rotatable bonds is 7. The highest BCUT2D eigenvalue weighted by Crippen LogP contribution is 2.18. The number of hydrogen-bond acceptors (Lipinski definition) is 3. The van der Waals surface area contributed by atoms with Crippen molar-refractivity contribution in [2.75, 3.05) is 6.54 Å². The van der Waals surface area contributed by atoms with Gasteiger partial charge in [-0.05, 0) is 44.5 Å². The number of aromatic nitrogens is 2. The van der Waals surface area contributed by atoms with E-state index in [1.807, 2.05) is 12.3 Å². The molecule has 0 spiro atoms. The van der Waals surface area contributed by atoms with Crippen molar-refractivity contribution in [3.63, 3.8) is 0 Å². The molecule has 0 saturated heterocycles. The molecule has 0 aliphatic heterocycles. The molecule has 108 valence electrons. The van der Waals surface area contributed by atoms with E-state index in [9.17, 15) is 4.79 Å². The topological polar surface area (TPSA) is 69.2 Å². The Kier molecular flexibility index (Phi) is 4.74. The molecule has 0 amide bonds. The predicted molar refractivity (Wildman–Crippen MR) is 78.5 cm³/mol. The molecule has 2 heterocycles. The van der Waals surface area contributed by atoms with Crippen molar-refractivity contribution in [3.8, 4) is 0 Å². The fourth-order valence-electron chi connectivity index (χ4n) is 2.32. The Morgan fingerprint density at radius 3 is 3.00 bits per heavy atom. The van der Waals surface area contributed by atoms with E-state index < -0.39 is 5.97 Å². The van der Waals surface area contributed by atoms with Crippen LogP contribution in [0.4, 0.5) is 0 Å². The first-order chi connectivity index (χ1) is 9.58. The van der Waals surface area contributed by atoms with Gasteiger partial charge < -0.3 is 10.1 Å². The van der Waals surface area contributed by atoms with Crippen molar-refractivity contribution in [1.82, 2.24) is 14.9 Å². The summed E-state index contributed by atoms with van der Waals surface area (Å²) in [6.45, 7) is 5.86. The minimum atomic E-state index is -0.731. The molecule has 2 rings (SSSR count). The smallest absolute Gasteiger partial charge is 0.303 e. The van der Waals surface area contributed by atoms with Gasteiger partial charge in [0.2, 0.25) is 0 Å². The first-order valence-electron chi connectivity index (χ1n) is 6.94. The molecule has 0 fully saturated rings. The van der Waals surface area contributed by atoms with E-state index in [0.29, 0.717) is 12.5 Å². The van der Waals surface area contributed by atoms with Gasteiger partial charge in [-0.1, -0.05) is 0 Å². The normalized spacial score (nSPS) is 11.6. The number of pyridine rings is 1. The van der Waals surface area contributed by atoms with Crippen LogP contribution in [0.1, 0.15) is 32.3 Å². The first-order valence-corrected chi connectivity index (χ1v) is 6.94. The van der Waals surface area contributed by atoms with Gasteiger partial charge in [-0.25, -0.2) is 4.98 Å². The largest absolute Gasteiger partial charge is 0.481 e. The third kappa shape index (κ3) is 3.57. The van der Waals surface area contributed by atoms with Gasteiger partial charge in [-0.2, -0.15) is 0 Å². The van der Waals surface area contributed by atoms with Crippen LogP contribution in [-0.4, -0.2) is 38.5 Å². The number of hydrogen-bond donors (Lipinski definition) is 2. The molecular formula is C15H21N3O2. The SMILES string of the molecule is CC(C)N(CCCC(=O)O)Cc1c[nH]c2ncccc12. The lowest BCUT2D eigenvalue weighted by Crippen LogP contribution is -2.31. The van der Waals surface area contributed by atoms with Crippen LogP contribution in [0.3, 0.4) is 0 Å². The average Bonchev–Trinajstić information content (AvgIpc) is 2.80. The van der Waals surface area contributed by atoms with Crippen molar-refractivity contribution in [1.29, 1.82) is 0 Å². The third-order valence-corrected chi connectivity index (χ3v) is 3.48. The molecule has 0 atom stereocenters. The van der Waals surface area contributed by atoms with Crippen molar-refractivity contribution in [3.05, 3.63) is 30.1 Å². The highest BCUT2D eigenvalue weighted by atomic mass is 16.4. The summed E-state index contributed by atoms with van der Waals surface area (Å²) in [5.41, 5.74) is 2.11. The van der Waals surface area contributed by atoms with Crippen LogP contribution in [0.2, 0.25) is 0 Å². The summed E-state index contributed by atoms with van der Waals surface area (Å²) < 4.78 is 0. The zero-order valence-corrected chi connectivity index (χ0v) is 12.0. The molecule has 0 bridgehead atoms. The summed E-state index contributed by atoms with van der Waals surface area (Å²) in [7, 11) is 0. The van der Waals surface area contributed by atoms with E-state index in [-0.39, 0.29) is 6.42 Å². The highest BCUT2D eigenvalue weighted by Gasteiger charge is 2.13. The number of aromatic amines is 1. The summed E-state index contributed by atoms with van der Waals surface area (Å²) in [6.07, 6.45) is 4.66. The second-order valence-corrected chi connectivity index (χ2v) is 5.27. The van der Waals surface area contributed by atoms with Gasteiger partial charge in [-0.3, -0.25) is 9.69 Å². The molecule has 0 aliphatic rings. The molecule has 20 heavy (non-hydrogen) atoms. The lowest BCUT2D eigenvalue weighted by molar-refractivity contribution is -0.137. The molecule has 0 aromatic carbocycles. The number of carbonyl (C=O) groups is 1. The first kappa shape index (κ1) is 14.5. The minimum Gasteiger partial charge on any atom is -0.481 e. The van der Waals surface area contributed by atoms with Crippen LogP contribution in [-0.2, 0) is 11.3 Å². The molecular weight excluding hydrogens is 254 g/mol. The summed E-state index contributed by atoms with van der Waals surface area (Å²) >= 11 is 0. The fourth-order valence-corrected chi connectivity index (χ4v) is 2.32. The van der Waals surface area contributed by atoms with E-state index in [2.05, 4.69) is 34.8 Å². The van der Waals surface area contributed by atoms with Crippen molar-refractivity contribution >= 4 is 17.0 Å². The average molecular weight is 275 g/mol. The second-order valence-electron chi connectivity index (χ2n) is 5.27. The van der Waals surface area contributed by atoms with Crippen molar-refractivity contribution < 1.29 is 9.90 Å². The van der Waals surface area contributed by atoms with E-state index in [4.69, 9.17) is 5.11 Å². The Bertz CT molecular complexity index is 577. The standard InChI is InChI=1S/C15H21N3O2/c1-11(2)18(8-4-6-14(19)20)10-12-9-17-15-13(12)5-3-7-16-15/h3,5,7,9,11H,4,6,8,10H2,1-2H3,(H,16,17)(H,19,20). The van der Waals surface area contributed by atoms with Gasteiger partial charge >= 0.3 is 5.97 Å². The highest BCUT2D eigenvalue weighted by molar-refractivity contribution is 5.79. The maximum atomic E-state index is 10.6. The van der Waals surface area contributed by atoms with E-state index in [1.165, 1.54) is 5.56 Å². The third-order valence-electron chi connectivity index (χ3n) is 3.48. The number of fused-ring (bicyclic) bond motifs is 1. The number of carboxylic acids is 1. The van der Waals surface area contributed by atoms with Crippen LogP contribution >= 0.6 is 0 Å². The van der Waals surface area contributed by atoms with Gasteiger partial charge in [0.15, 0.2) is 0 Å². The van der Waals surface area contributed by atoms with Crippen LogP contribution in [0, 0.1) is 0 Å². The second kappa shape index (κ2) is 6.52. The number of nitrogens with one attached hydrogen (secondary N) is 1. The van der Waals surface area contributed by atoms with Gasteiger partial charge in [0.25, 0.3) is 0 Å². The van der Waals surface area contributed by atoms with Gasteiger partial charge in [0.1, 0.15) is 5.65 Å². The predicted octanol–water partition coefficient (Wildman–Crippen LogP) is 2.64. The van der Waals surface area contributed by atoms with Gasteiger partial charge in [0.05, 0.1) is 0 Å². The van der Waals surface area contributed by atoms with Crippen LogP contribution < -0.4 is 0 Å². The number of H-pyrrole nitrogens is 1. The number of carboxylic acid groups (broad SMARTS) is 1. The summed E-state index contributed by atoms with van der Waals surface area (Å²) in [4.78, 5) is 20.4. The minimum absolute atomic E-state index is 0.221. The number of aliphatic carboxylic acids is 1. The van der Waals surface area contributed by atoms with E-state index >= 15 is 0 Å². The Hall–Kier alpha value is -1.88. The molecule has 2 N–H and O–H groups in total. The molecule has 2 aromatic heterocycles. The number of nitrogens with zero attached hydrogens (tertiary/aromatic N) is 2. The molecule has 0 aliphatic carbocycles. The van der Waals surface area contributed by atoms with Gasteiger partial charge in [0, 0.05) is 36.8 Å². The molecule has 5 heteroatoms. The van der Waals surface area contributed by atoms with E-state index in [1.54, 1.807) is 6.20 Å². The Balaban J connectivity index is 2.05. The maximum absolute atomic E-state index is 10.6. The van der Waals surface area contributed by atoms with Crippen LogP contribution in [0.25, 0.3) is 11.0 Å². The molecule has 0 saturated carbocycles. The van der Waals surface area contributed by atoms with E-state index in [0.717, 1.165) is 24.1 Å². The Morgan fingerprint density at radius 1 is 1.50 bits per heavy atom. The van der Waals surface area contributed by atoms with Crippen molar-refractivity contribution in [2.24, 2.45) is 0 Å². The van der Waals surface area contributed by atoms with Gasteiger partial charge in [-0.15, -0.1) is 0 Å². The monoisotopic (exact) mass is 275 g/mol. The zero-order valence-electron chi connectivity index (χ0n) is 12.0. The molecule has 0 radical (unpaired) electrons. The van der Waals surface area contributed by atoms with Crippen LogP contribution in [0.5, 0.6) is 0 Å². The van der Waals surface area contributed by atoms with Crippen molar-refractivity contribution in [2.45, 2.75) is 39.3 Å².